The molecule has 84 valence electrons. The fourth-order valence-electron chi connectivity index (χ4n) is 1.92. The second-order valence-electron chi connectivity index (χ2n) is 4.66. The zero-order valence-corrected chi connectivity index (χ0v) is 9.31. The van der Waals surface area contributed by atoms with Gasteiger partial charge in [-0.2, -0.15) is 0 Å². The summed E-state index contributed by atoms with van der Waals surface area (Å²) >= 11 is 0. The number of nitrogens with two attached hydrogens (primary N) is 1. The zero-order chi connectivity index (χ0) is 10.9. The van der Waals surface area contributed by atoms with Gasteiger partial charge < -0.3 is 15.0 Å². The Morgan fingerprint density at radius 2 is 2.47 bits per heavy atom. The van der Waals surface area contributed by atoms with Crippen molar-refractivity contribution < 1.29 is 4.74 Å². The van der Waals surface area contributed by atoms with Crippen LogP contribution in [-0.2, 0) is 16.8 Å². The zero-order valence-electron chi connectivity index (χ0n) is 9.31. The molecule has 1 aliphatic rings. The molecule has 1 aromatic heterocycles. The van der Waals surface area contributed by atoms with Gasteiger partial charge >= 0.3 is 0 Å². The molecule has 1 unspecified atom stereocenters. The van der Waals surface area contributed by atoms with E-state index in [1.807, 2.05) is 4.57 Å². The molecule has 0 bridgehead atoms. The lowest BCUT2D eigenvalue weighted by atomic mass is 9.99. The van der Waals surface area contributed by atoms with Gasteiger partial charge in [-0.05, 0) is 12.3 Å². The molecule has 1 aromatic rings. The highest BCUT2D eigenvalue weighted by Crippen LogP contribution is 2.26. The third-order valence-corrected chi connectivity index (χ3v) is 2.67. The van der Waals surface area contributed by atoms with Gasteiger partial charge in [0, 0.05) is 13.2 Å². The highest BCUT2D eigenvalue weighted by molar-refractivity contribution is 5.07. The smallest absolute Gasteiger partial charge is 0.155 e. The molecule has 0 spiro atoms. The molecule has 5 nitrogen and oxygen atoms in total. The van der Waals surface area contributed by atoms with E-state index in [0.717, 1.165) is 18.8 Å². The molecule has 0 radical (unpaired) electrons. The van der Waals surface area contributed by atoms with Crippen molar-refractivity contribution in [3.8, 4) is 0 Å². The van der Waals surface area contributed by atoms with Crippen LogP contribution in [0.15, 0.2) is 6.33 Å². The summed E-state index contributed by atoms with van der Waals surface area (Å²) in [4.78, 5) is 0. The van der Waals surface area contributed by atoms with Crippen LogP contribution in [0.2, 0.25) is 0 Å². The topological polar surface area (TPSA) is 66.0 Å². The van der Waals surface area contributed by atoms with Crippen LogP contribution < -0.4 is 5.73 Å². The van der Waals surface area contributed by atoms with Gasteiger partial charge in [0.25, 0.3) is 0 Å². The first-order valence-electron chi connectivity index (χ1n) is 5.37. The molecule has 1 aliphatic heterocycles. The summed E-state index contributed by atoms with van der Waals surface area (Å²) < 4.78 is 7.38. The fraction of sp³-hybridized carbons (Fsp3) is 0.800. The second-order valence-corrected chi connectivity index (χ2v) is 4.66. The first-order valence-corrected chi connectivity index (χ1v) is 5.37. The van der Waals surface area contributed by atoms with E-state index < -0.39 is 5.54 Å². The largest absolute Gasteiger partial charge is 0.379 e. The molecular weight excluding hydrogens is 192 g/mol. The Kier molecular flexibility index (Phi) is 2.75. The van der Waals surface area contributed by atoms with Crippen LogP contribution in [0.5, 0.6) is 0 Å². The minimum Gasteiger partial charge on any atom is -0.379 e. The summed E-state index contributed by atoms with van der Waals surface area (Å²) in [6.07, 6.45) is 2.58. The van der Waals surface area contributed by atoms with Gasteiger partial charge in [0.1, 0.15) is 11.9 Å². The van der Waals surface area contributed by atoms with Crippen molar-refractivity contribution >= 4 is 0 Å². The Bertz CT molecular complexity index is 328. The van der Waals surface area contributed by atoms with Gasteiger partial charge in [-0.1, -0.05) is 13.8 Å². The Morgan fingerprint density at radius 3 is 3.07 bits per heavy atom. The molecule has 0 aliphatic carbocycles. The maximum Gasteiger partial charge on any atom is 0.155 e. The van der Waals surface area contributed by atoms with E-state index in [2.05, 4.69) is 24.0 Å². The van der Waals surface area contributed by atoms with E-state index in [4.69, 9.17) is 10.5 Å². The number of aromatic nitrogens is 3. The normalized spacial score (nSPS) is 26.4. The van der Waals surface area contributed by atoms with Crippen molar-refractivity contribution in [3.05, 3.63) is 12.2 Å². The molecule has 1 atom stereocenters. The molecule has 0 amide bonds. The summed E-state index contributed by atoms with van der Waals surface area (Å²) in [5, 5.41) is 8.07. The molecule has 2 N–H and O–H groups in total. The number of nitrogens with zero attached hydrogens (tertiary/aromatic N) is 3. The van der Waals surface area contributed by atoms with E-state index in [9.17, 15) is 0 Å². The van der Waals surface area contributed by atoms with Crippen molar-refractivity contribution in [2.75, 3.05) is 13.2 Å². The van der Waals surface area contributed by atoms with Gasteiger partial charge in [-0.3, -0.25) is 0 Å². The van der Waals surface area contributed by atoms with Crippen LogP contribution in [0.4, 0.5) is 0 Å². The lowest BCUT2D eigenvalue weighted by Crippen LogP contribution is -2.40. The standard InChI is InChI=1S/C10H18N4O/c1-8(2)5-14-7-12-13-9(14)10(11)3-4-15-6-10/h7-8H,3-6,11H2,1-2H3. The first kappa shape index (κ1) is 10.6. The highest BCUT2D eigenvalue weighted by atomic mass is 16.5. The first-order chi connectivity index (χ1) is 7.12. The number of ether oxygens (including phenoxy) is 1. The van der Waals surface area contributed by atoms with E-state index in [-0.39, 0.29) is 0 Å². The third kappa shape index (κ3) is 2.03. The Balaban J connectivity index is 2.23. The minimum absolute atomic E-state index is 0.439. The molecule has 2 heterocycles. The van der Waals surface area contributed by atoms with E-state index in [1.165, 1.54) is 0 Å². The number of rotatable bonds is 3. The fourth-order valence-corrected chi connectivity index (χ4v) is 1.92. The molecule has 0 saturated carbocycles. The predicted molar refractivity (Wildman–Crippen MR) is 56.2 cm³/mol. The van der Waals surface area contributed by atoms with E-state index in [0.29, 0.717) is 19.1 Å². The van der Waals surface area contributed by atoms with Gasteiger partial charge in [0.05, 0.1) is 6.61 Å². The maximum atomic E-state index is 6.25. The van der Waals surface area contributed by atoms with Crippen molar-refractivity contribution in [2.45, 2.75) is 32.4 Å². The Labute approximate surface area is 89.6 Å². The van der Waals surface area contributed by atoms with Crippen LogP contribution >= 0.6 is 0 Å². The highest BCUT2D eigenvalue weighted by Gasteiger charge is 2.36. The van der Waals surface area contributed by atoms with Crippen LogP contribution in [0, 0.1) is 5.92 Å². The lowest BCUT2D eigenvalue weighted by molar-refractivity contribution is 0.174. The summed E-state index contributed by atoms with van der Waals surface area (Å²) in [5.74, 6) is 1.42. The lowest BCUT2D eigenvalue weighted by Gasteiger charge is -2.22. The van der Waals surface area contributed by atoms with Crippen molar-refractivity contribution in [1.29, 1.82) is 0 Å². The summed E-state index contributed by atoms with van der Waals surface area (Å²) in [6.45, 7) is 6.49. The van der Waals surface area contributed by atoms with E-state index in [1.54, 1.807) is 6.33 Å². The van der Waals surface area contributed by atoms with Crippen molar-refractivity contribution in [3.63, 3.8) is 0 Å². The second kappa shape index (κ2) is 3.90. The van der Waals surface area contributed by atoms with Gasteiger partial charge in [-0.25, -0.2) is 0 Å². The number of hydrogen-bond acceptors (Lipinski definition) is 4. The molecule has 2 rings (SSSR count). The van der Waals surface area contributed by atoms with Crippen molar-refractivity contribution in [2.24, 2.45) is 11.7 Å². The molecular formula is C10H18N4O. The molecule has 15 heavy (non-hydrogen) atoms. The van der Waals surface area contributed by atoms with Crippen molar-refractivity contribution in [1.82, 2.24) is 14.8 Å². The molecule has 5 heteroatoms. The maximum absolute atomic E-state index is 6.25. The summed E-state index contributed by atoms with van der Waals surface area (Å²) in [6, 6.07) is 0. The molecule has 0 aromatic carbocycles. The van der Waals surface area contributed by atoms with E-state index >= 15 is 0 Å². The predicted octanol–water partition coefficient (Wildman–Crippen LogP) is 0.508. The van der Waals surface area contributed by atoms with Gasteiger partial charge in [-0.15, -0.1) is 10.2 Å². The van der Waals surface area contributed by atoms with Gasteiger partial charge in [0.15, 0.2) is 5.82 Å². The average molecular weight is 210 g/mol. The van der Waals surface area contributed by atoms with Crippen LogP contribution in [0.1, 0.15) is 26.1 Å². The SMILES string of the molecule is CC(C)Cn1cnnc1C1(N)CCOC1. The Morgan fingerprint density at radius 1 is 1.67 bits per heavy atom. The van der Waals surface area contributed by atoms with Crippen LogP contribution in [0.3, 0.4) is 0 Å². The average Bonchev–Trinajstić information content (AvgIpc) is 2.73. The van der Waals surface area contributed by atoms with Crippen LogP contribution in [0.25, 0.3) is 0 Å². The minimum atomic E-state index is -0.439. The Hall–Kier alpha value is -0.940. The monoisotopic (exact) mass is 210 g/mol. The molecule has 1 saturated heterocycles. The quantitative estimate of drug-likeness (QED) is 0.789. The number of hydrogen-bond donors (Lipinski definition) is 1. The van der Waals surface area contributed by atoms with Gasteiger partial charge in [0.2, 0.25) is 0 Å². The van der Waals surface area contributed by atoms with Crippen LogP contribution in [-0.4, -0.2) is 28.0 Å². The summed E-state index contributed by atoms with van der Waals surface area (Å²) in [5.41, 5.74) is 5.81. The third-order valence-electron chi connectivity index (χ3n) is 2.67. The summed E-state index contributed by atoms with van der Waals surface area (Å²) in [7, 11) is 0. The molecule has 1 fully saturated rings.